The minimum atomic E-state index is -0.319. The fraction of sp³-hybridized carbons (Fsp3) is 0.619. The maximum absolute atomic E-state index is 10.9. The van der Waals surface area contributed by atoms with Crippen LogP contribution in [0.15, 0.2) is 24.3 Å². The third-order valence-corrected chi connectivity index (χ3v) is 7.00. The van der Waals surface area contributed by atoms with Crippen LogP contribution in [0.5, 0.6) is 0 Å². The molecule has 1 fully saturated rings. The molecule has 0 amide bonds. The van der Waals surface area contributed by atoms with Gasteiger partial charge in [0.1, 0.15) is 6.23 Å². The van der Waals surface area contributed by atoms with Crippen LogP contribution in [0.4, 0.5) is 0 Å². The van der Waals surface area contributed by atoms with Crippen LogP contribution in [0.1, 0.15) is 56.6 Å². The van der Waals surface area contributed by atoms with Gasteiger partial charge in [-0.1, -0.05) is 18.2 Å². The SMILES string of the molecule is CCO[C@H]1C[C@@]2([C@@H](C)O)CCCN3CCc4c(n1c1ccccc41)[C@H]32. The number of hydrogen-bond acceptors (Lipinski definition) is 3. The number of rotatable bonds is 3. The van der Waals surface area contributed by atoms with Crippen LogP contribution in [0, 0.1) is 5.41 Å². The number of benzene rings is 1. The summed E-state index contributed by atoms with van der Waals surface area (Å²) in [5.74, 6) is 0. The lowest BCUT2D eigenvalue weighted by Crippen LogP contribution is -2.57. The van der Waals surface area contributed by atoms with Gasteiger partial charge in [0.25, 0.3) is 0 Å². The van der Waals surface area contributed by atoms with Crippen molar-refractivity contribution in [3.63, 3.8) is 0 Å². The van der Waals surface area contributed by atoms with E-state index in [9.17, 15) is 5.11 Å². The standard InChI is InChI=1S/C21H28N2O2/c1-3-25-18-13-21(14(2)24)10-6-11-22-12-9-16-15-7-4-5-8-17(15)23(18)19(16)20(21)22/h4-5,7-8,14,18,20,24H,3,6,9-13H2,1-2H3/t14-,18+,20+,21-/m1/s1. The molecular weight excluding hydrogens is 312 g/mol. The molecule has 0 unspecified atom stereocenters. The zero-order valence-corrected chi connectivity index (χ0v) is 15.2. The topological polar surface area (TPSA) is 37.6 Å². The average Bonchev–Trinajstić information content (AvgIpc) is 2.96. The second-order valence-electron chi connectivity index (χ2n) is 8.07. The molecule has 2 aromatic rings. The molecule has 3 aliphatic heterocycles. The van der Waals surface area contributed by atoms with Crippen LogP contribution in [-0.4, -0.2) is 40.4 Å². The van der Waals surface area contributed by atoms with Crippen molar-refractivity contribution in [2.75, 3.05) is 19.7 Å². The highest BCUT2D eigenvalue weighted by atomic mass is 16.5. The summed E-state index contributed by atoms with van der Waals surface area (Å²) in [4.78, 5) is 2.64. The van der Waals surface area contributed by atoms with Crippen LogP contribution >= 0.6 is 0 Å². The number of ether oxygens (including phenoxy) is 1. The van der Waals surface area contributed by atoms with Crippen LogP contribution < -0.4 is 0 Å². The van der Waals surface area contributed by atoms with Crippen LogP contribution in [0.25, 0.3) is 10.9 Å². The van der Waals surface area contributed by atoms with Gasteiger partial charge < -0.3 is 14.4 Å². The number of nitrogens with zero attached hydrogens (tertiary/aromatic N) is 2. The lowest BCUT2D eigenvalue weighted by molar-refractivity contribution is -0.144. The van der Waals surface area contributed by atoms with Gasteiger partial charge >= 0.3 is 0 Å². The van der Waals surface area contributed by atoms with Gasteiger partial charge in [-0.2, -0.15) is 0 Å². The van der Waals surface area contributed by atoms with E-state index < -0.39 is 0 Å². The molecule has 4 atom stereocenters. The quantitative estimate of drug-likeness (QED) is 0.927. The minimum Gasteiger partial charge on any atom is -0.393 e. The summed E-state index contributed by atoms with van der Waals surface area (Å²) >= 11 is 0. The Labute approximate surface area is 149 Å². The molecule has 4 heterocycles. The Morgan fingerprint density at radius 2 is 2.16 bits per heavy atom. The largest absolute Gasteiger partial charge is 0.393 e. The second-order valence-corrected chi connectivity index (χ2v) is 8.07. The smallest absolute Gasteiger partial charge is 0.134 e. The van der Waals surface area contributed by atoms with Gasteiger partial charge in [0.15, 0.2) is 0 Å². The molecule has 0 saturated carbocycles. The predicted octanol–water partition coefficient (Wildman–Crippen LogP) is 3.64. The lowest BCUT2D eigenvalue weighted by Gasteiger charge is -2.57. The number of aliphatic hydroxyl groups is 1. The molecule has 25 heavy (non-hydrogen) atoms. The molecule has 4 heteroatoms. The normalized spacial score (nSPS) is 32.6. The lowest BCUT2D eigenvalue weighted by atomic mass is 9.63. The molecule has 1 N–H and O–H groups in total. The van der Waals surface area contributed by atoms with Gasteiger partial charge in [0.2, 0.25) is 0 Å². The summed E-state index contributed by atoms with van der Waals surface area (Å²) in [5.41, 5.74) is 4.14. The molecule has 1 aromatic heterocycles. The molecule has 0 bridgehead atoms. The van der Waals surface area contributed by atoms with E-state index in [0.717, 1.165) is 32.4 Å². The Bertz CT molecular complexity index is 812. The Morgan fingerprint density at radius 3 is 2.96 bits per heavy atom. The van der Waals surface area contributed by atoms with E-state index >= 15 is 0 Å². The van der Waals surface area contributed by atoms with E-state index in [2.05, 4.69) is 40.7 Å². The Morgan fingerprint density at radius 1 is 1.32 bits per heavy atom. The molecule has 0 radical (unpaired) electrons. The maximum atomic E-state index is 10.9. The molecule has 1 aromatic carbocycles. The van der Waals surface area contributed by atoms with E-state index in [0.29, 0.717) is 12.6 Å². The van der Waals surface area contributed by atoms with Crippen LogP contribution in [0.2, 0.25) is 0 Å². The molecule has 0 aliphatic carbocycles. The van der Waals surface area contributed by atoms with E-state index in [1.807, 2.05) is 6.92 Å². The van der Waals surface area contributed by atoms with Crippen molar-refractivity contribution in [2.24, 2.45) is 5.41 Å². The van der Waals surface area contributed by atoms with E-state index in [-0.39, 0.29) is 17.7 Å². The maximum Gasteiger partial charge on any atom is 0.134 e. The zero-order chi connectivity index (χ0) is 17.2. The Balaban J connectivity index is 1.82. The first-order valence-electron chi connectivity index (χ1n) is 9.83. The average molecular weight is 340 g/mol. The fourth-order valence-corrected chi connectivity index (χ4v) is 5.97. The molecule has 0 spiro atoms. The number of fused-ring (bicyclic) bond motifs is 3. The van der Waals surface area contributed by atoms with Gasteiger partial charge in [-0.05, 0) is 51.3 Å². The van der Waals surface area contributed by atoms with Gasteiger partial charge in [-0.25, -0.2) is 0 Å². The fourth-order valence-electron chi connectivity index (χ4n) is 5.97. The number of hydrogen-bond donors (Lipinski definition) is 1. The molecule has 4 nitrogen and oxygen atoms in total. The first-order valence-corrected chi connectivity index (χ1v) is 9.83. The molecular formula is C21H28N2O2. The van der Waals surface area contributed by atoms with Crippen LogP contribution in [0.3, 0.4) is 0 Å². The summed E-state index contributed by atoms with van der Waals surface area (Å²) in [7, 11) is 0. The molecule has 134 valence electrons. The van der Waals surface area contributed by atoms with Crippen molar-refractivity contribution < 1.29 is 9.84 Å². The zero-order valence-electron chi connectivity index (χ0n) is 15.2. The number of aliphatic hydroxyl groups excluding tert-OH is 1. The number of piperidine rings is 1. The van der Waals surface area contributed by atoms with Crippen molar-refractivity contribution >= 4 is 10.9 Å². The van der Waals surface area contributed by atoms with E-state index in [4.69, 9.17) is 4.74 Å². The molecule has 3 aliphatic rings. The Hall–Kier alpha value is -1.36. The number of para-hydroxylation sites is 1. The highest BCUT2D eigenvalue weighted by Crippen LogP contribution is 2.59. The molecule has 1 saturated heterocycles. The number of aromatic nitrogens is 1. The van der Waals surface area contributed by atoms with Crippen molar-refractivity contribution in [2.45, 2.75) is 57.9 Å². The summed E-state index contributed by atoms with van der Waals surface area (Å²) < 4.78 is 8.72. The summed E-state index contributed by atoms with van der Waals surface area (Å²) in [5, 5.41) is 12.3. The van der Waals surface area contributed by atoms with Crippen LogP contribution in [-0.2, 0) is 11.2 Å². The first kappa shape index (κ1) is 15.9. The van der Waals surface area contributed by atoms with Crippen molar-refractivity contribution in [3.8, 4) is 0 Å². The summed E-state index contributed by atoms with van der Waals surface area (Å²) in [6.45, 7) is 7.04. The highest BCUT2D eigenvalue weighted by molar-refractivity contribution is 5.86. The first-order chi connectivity index (χ1) is 12.2. The summed E-state index contributed by atoms with van der Waals surface area (Å²) in [6, 6.07) is 9.11. The van der Waals surface area contributed by atoms with Gasteiger partial charge in [-0.15, -0.1) is 0 Å². The molecule has 5 rings (SSSR count). The van der Waals surface area contributed by atoms with E-state index in [1.54, 1.807) is 0 Å². The minimum absolute atomic E-state index is 0.0301. The van der Waals surface area contributed by atoms with Gasteiger partial charge in [-0.3, -0.25) is 4.90 Å². The third-order valence-electron chi connectivity index (χ3n) is 7.00. The van der Waals surface area contributed by atoms with Crippen molar-refractivity contribution in [1.29, 1.82) is 0 Å². The van der Waals surface area contributed by atoms with Crippen molar-refractivity contribution in [3.05, 3.63) is 35.5 Å². The van der Waals surface area contributed by atoms with Gasteiger partial charge in [0, 0.05) is 36.1 Å². The summed E-state index contributed by atoms with van der Waals surface area (Å²) in [6.07, 6.45) is 3.99. The highest BCUT2D eigenvalue weighted by Gasteiger charge is 2.56. The third kappa shape index (κ3) is 1.99. The van der Waals surface area contributed by atoms with Gasteiger partial charge in [0.05, 0.1) is 17.7 Å². The Kier molecular flexibility index (Phi) is 3.53. The van der Waals surface area contributed by atoms with Crippen molar-refractivity contribution in [1.82, 2.24) is 9.47 Å². The predicted molar refractivity (Wildman–Crippen MR) is 98.6 cm³/mol. The van der Waals surface area contributed by atoms with E-state index in [1.165, 1.54) is 28.6 Å². The second kappa shape index (κ2) is 5.57. The monoisotopic (exact) mass is 340 g/mol.